The van der Waals surface area contributed by atoms with E-state index in [1.807, 2.05) is 0 Å². The Balaban J connectivity index is 4.11. The van der Waals surface area contributed by atoms with Gasteiger partial charge in [-0.15, -0.1) is 0 Å². The van der Waals surface area contributed by atoms with Crippen LogP contribution in [0.4, 0.5) is 0 Å². The Morgan fingerprint density at radius 2 is 1.78 bits per heavy atom. The van der Waals surface area contributed by atoms with Gasteiger partial charge in [0.25, 0.3) is 0 Å². The molecule has 1 unspecified atom stereocenters. The molecular formula is C4H11AsO4. The van der Waals surface area contributed by atoms with Gasteiger partial charge in [-0.25, -0.2) is 0 Å². The molecule has 1 atom stereocenters. The number of aliphatic hydroxyl groups excluding tert-OH is 1. The normalized spacial score (nSPS) is 15.6. The Morgan fingerprint density at radius 1 is 1.44 bits per heavy atom. The van der Waals surface area contributed by atoms with Crippen LogP contribution in [0.5, 0.6) is 0 Å². The van der Waals surface area contributed by atoms with Crippen molar-refractivity contribution in [1.82, 2.24) is 0 Å². The summed E-state index contributed by atoms with van der Waals surface area (Å²) in [6.45, 7) is 1.38. The van der Waals surface area contributed by atoms with Crippen LogP contribution in [0.2, 0.25) is 0 Å². The molecule has 0 spiro atoms. The van der Waals surface area contributed by atoms with Gasteiger partial charge in [-0.2, -0.15) is 0 Å². The van der Waals surface area contributed by atoms with Crippen molar-refractivity contribution in [2.75, 3.05) is 14.2 Å². The molecule has 0 bridgehead atoms. The van der Waals surface area contributed by atoms with Crippen molar-refractivity contribution in [3.63, 3.8) is 0 Å². The summed E-state index contributed by atoms with van der Waals surface area (Å²) < 4.78 is 20.0. The van der Waals surface area contributed by atoms with Crippen molar-refractivity contribution in [3.05, 3.63) is 0 Å². The van der Waals surface area contributed by atoms with E-state index in [9.17, 15) is 3.74 Å². The molecule has 0 rings (SSSR count). The van der Waals surface area contributed by atoms with Gasteiger partial charge >= 0.3 is 56.5 Å². The van der Waals surface area contributed by atoms with E-state index in [1.54, 1.807) is 0 Å². The molecule has 0 aliphatic heterocycles. The summed E-state index contributed by atoms with van der Waals surface area (Å²) in [5, 5.41) is 8.79. The zero-order chi connectivity index (χ0) is 7.49. The van der Waals surface area contributed by atoms with E-state index in [1.165, 1.54) is 21.1 Å². The average molecular weight is 198 g/mol. The molecular weight excluding hydrogens is 187 g/mol. The maximum atomic E-state index is 11.0. The SMILES string of the molecule is CO[As](=O)(OC)C(C)O. The van der Waals surface area contributed by atoms with E-state index >= 15 is 0 Å². The molecule has 56 valence electrons. The first-order chi connectivity index (χ1) is 4.06. The van der Waals surface area contributed by atoms with Gasteiger partial charge in [-0.05, 0) is 0 Å². The van der Waals surface area contributed by atoms with Crippen LogP contribution in [0.3, 0.4) is 0 Å². The van der Waals surface area contributed by atoms with Crippen molar-refractivity contribution < 1.29 is 16.3 Å². The third-order valence-electron chi connectivity index (χ3n) is 0.967. The summed E-state index contributed by atoms with van der Waals surface area (Å²) in [4.78, 5) is -1.00. The van der Waals surface area contributed by atoms with Crippen LogP contribution >= 0.6 is 0 Å². The minimum atomic E-state index is -3.79. The van der Waals surface area contributed by atoms with Gasteiger partial charge < -0.3 is 0 Å². The molecule has 9 heavy (non-hydrogen) atoms. The van der Waals surface area contributed by atoms with Crippen LogP contribution < -0.4 is 0 Å². The predicted octanol–water partition coefficient (Wildman–Crippen LogP) is -0.431. The second kappa shape index (κ2) is 3.42. The van der Waals surface area contributed by atoms with Crippen LogP contribution in [0.1, 0.15) is 6.92 Å². The summed E-state index contributed by atoms with van der Waals surface area (Å²) in [6.07, 6.45) is 0. The Hall–Kier alpha value is 0.238. The van der Waals surface area contributed by atoms with Crippen LogP contribution in [-0.2, 0) is 11.2 Å². The van der Waals surface area contributed by atoms with Gasteiger partial charge in [-0.3, -0.25) is 0 Å². The van der Waals surface area contributed by atoms with E-state index in [4.69, 9.17) is 5.11 Å². The van der Waals surface area contributed by atoms with Gasteiger partial charge in [0.15, 0.2) is 0 Å². The van der Waals surface area contributed by atoms with Crippen molar-refractivity contribution in [3.8, 4) is 0 Å². The fraction of sp³-hybridized carbons (Fsp3) is 1.00. The molecule has 0 aliphatic rings. The Morgan fingerprint density at radius 3 is 1.78 bits per heavy atom. The predicted molar refractivity (Wildman–Crippen MR) is 32.1 cm³/mol. The van der Waals surface area contributed by atoms with Gasteiger partial charge in [0.1, 0.15) is 0 Å². The molecule has 0 aromatic heterocycles. The second-order valence-corrected chi connectivity index (χ2v) is 6.90. The summed E-state index contributed by atoms with van der Waals surface area (Å²) in [7, 11) is 2.52. The third kappa shape index (κ3) is 2.14. The standard InChI is InChI=1S/C4H11AsO4/c1-4(6)5(7,8-2)9-3/h4,6H,1-3H3. The zero-order valence-corrected chi connectivity index (χ0v) is 7.57. The Labute approximate surface area is 57.2 Å². The van der Waals surface area contributed by atoms with Crippen molar-refractivity contribution in [2.24, 2.45) is 0 Å². The first-order valence-electron chi connectivity index (χ1n) is 2.46. The second-order valence-electron chi connectivity index (χ2n) is 1.54. The zero-order valence-electron chi connectivity index (χ0n) is 5.70. The van der Waals surface area contributed by atoms with E-state index in [0.717, 1.165) is 0 Å². The molecule has 0 aromatic rings. The number of hydrogen-bond acceptors (Lipinski definition) is 4. The number of aliphatic hydroxyl groups is 1. The molecule has 0 radical (unpaired) electrons. The molecule has 0 heterocycles. The van der Waals surface area contributed by atoms with Crippen LogP contribution in [0.25, 0.3) is 0 Å². The molecule has 0 fully saturated rings. The molecule has 0 saturated heterocycles. The first-order valence-corrected chi connectivity index (χ1v) is 5.84. The summed E-state index contributed by atoms with van der Waals surface area (Å²) in [6, 6.07) is 0. The molecule has 0 amide bonds. The summed E-state index contributed by atoms with van der Waals surface area (Å²) >= 11 is -3.79. The monoisotopic (exact) mass is 198 g/mol. The van der Waals surface area contributed by atoms with Crippen molar-refractivity contribution >= 4 is 14.2 Å². The van der Waals surface area contributed by atoms with Crippen molar-refractivity contribution in [1.29, 1.82) is 0 Å². The van der Waals surface area contributed by atoms with E-state index in [0.29, 0.717) is 0 Å². The molecule has 5 heteroatoms. The molecule has 4 nitrogen and oxygen atoms in total. The number of hydrogen-bond donors (Lipinski definition) is 1. The molecule has 0 saturated carbocycles. The van der Waals surface area contributed by atoms with Gasteiger partial charge in [0, 0.05) is 0 Å². The van der Waals surface area contributed by atoms with Crippen LogP contribution in [0.15, 0.2) is 0 Å². The quantitative estimate of drug-likeness (QED) is 0.625. The van der Waals surface area contributed by atoms with E-state index < -0.39 is 19.1 Å². The molecule has 1 N–H and O–H groups in total. The summed E-state index contributed by atoms with van der Waals surface area (Å²) in [5.41, 5.74) is 0. The van der Waals surface area contributed by atoms with E-state index in [-0.39, 0.29) is 0 Å². The minimum absolute atomic E-state index is 1.00. The molecule has 0 aromatic carbocycles. The topological polar surface area (TPSA) is 55.8 Å². The fourth-order valence-electron chi connectivity index (χ4n) is 0.380. The van der Waals surface area contributed by atoms with Gasteiger partial charge in [-0.1, -0.05) is 0 Å². The Kier molecular flexibility index (Phi) is 3.51. The molecule has 0 aliphatic carbocycles. The van der Waals surface area contributed by atoms with Gasteiger partial charge in [0.2, 0.25) is 0 Å². The van der Waals surface area contributed by atoms with E-state index in [2.05, 4.69) is 7.45 Å². The third-order valence-corrected chi connectivity index (χ3v) is 5.02. The summed E-state index contributed by atoms with van der Waals surface area (Å²) in [5.74, 6) is 0. The van der Waals surface area contributed by atoms with Crippen molar-refractivity contribution in [2.45, 2.75) is 11.8 Å². The van der Waals surface area contributed by atoms with Crippen LogP contribution in [-0.4, -0.2) is 38.4 Å². The first kappa shape index (κ1) is 9.24. The maximum absolute atomic E-state index is 11.0. The van der Waals surface area contributed by atoms with Gasteiger partial charge in [0.05, 0.1) is 0 Å². The Bertz CT molecular complexity index is 114. The average Bonchev–Trinajstić information content (AvgIpc) is 1.86. The number of rotatable bonds is 3. The fourth-order valence-corrected chi connectivity index (χ4v) is 1.97. The van der Waals surface area contributed by atoms with Crippen LogP contribution in [0, 0.1) is 0 Å².